The van der Waals surface area contributed by atoms with Crippen molar-refractivity contribution in [3.8, 4) is 22.7 Å². The molecule has 19 aromatic rings. The molecule has 13 aromatic carbocycles. The molecule has 0 N–H and O–H groups in total. The third-order valence-electron chi connectivity index (χ3n) is 16.9. The van der Waals surface area contributed by atoms with Crippen LogP contribution in [0.1, 0.15) is 0 Å². The van der Waals surface area contributed by atoms with Crippen molar-refractivity contribution in [1.82, 2.24) is 18.3 Å². The maximum Gasteiger partial charge on any atom is 0.145 e. The van der Waals surface area contributed by atoms with E-state index < -0.39 is 0 Å². The van der Waals surface area contributed by atoms with Crippen LogP contribution in [0, 0.1) is 0 Å². The maximum atomic E-state index is 6.31. The van der Waals surface area contributed by atoms with E-state index in [4.69, 9.17) is 4.42 Å². The highest BCUT2D eigenvalue weighted by Crippen LogP contribution is 2.45. The van der Waals surface area contributed by atoms with Crippen LogP contribution in [0.2, 0.25) is 0 Å². The molecule has 0 fully saturated rings. The van der Waals surface area contributed by atoms with Gasteiger partial charge in [-0.25, -0.2) is 0 Å². The van der Waals surface area contributed by atoms with E-state index in [1.807, 2.05) is 23.5 Å². The second-order valence-corrected chi connectivity index (χ2v) is 22.5. The third-order valence-corrected chi connectivity index (χ3v) is 18.1. The summed E-state index contributed by atoms with van der Waals surface area (Å²) in [6.07, 6.45) is 0. The summed E-state index contributed by atoms with van der Waals surface area (Å²) in [5, 5.41) is 15.2. The van der Waals surface area contributed by atoms with E-state index in [1.54, 1.807) is 0 Å². The van der Waals surface area contributed by atoms with Gasteiger partial charge in [-0.2, -0.15) is 0 Å². The summed E-state index contributed by atoms with van der Waals surface area (Å²) >= 11 is 1.90. The number of para-hydroxylation sites is 9. The Bertz CT molecular complexity index is 5370. The number of fused-ring (bicyclic) bond motifs is 21. The Morgan fingerprint density at radius 2 is 0.583 bits per heavy atom. The van der Waals surface area contributed by atoms with Crippen molar-refractivity contribution in [2.24, 2.45) is 0 Å². The van der Waals surface area contributed by atoms with Gasteiger partial charge < -0.3 is 22.7 Å². The Hall–Kier alpha value is -10.9. The van der Waals surface area contributed by atoms with Gasteiger partial charge in [0.25, 0.3) is 0 Å². The van der Waals surface area contributed by atoms with Crippen LogP contribution >= 0.6 is 11.3 Å². The zero-order valence-electron chi connectivity index (χ0n) is 45.5. The van der Waals surface area contributed by atoms with Gasteiger partial charge in [0, 0.05) is 91.4 Å². The molecule has 0 unspecified atom stereocenters. The molecule has 84 heavy (non-hydrogen) atoms. The molecule has 0 aliphatic rings. The molecule has 0 aliphatic heterocycles. The quantitative estimate of drug-likeness (QED) is 0.173. The first-order chi connectivity index (χ1) is 41.7. The summed E-state index contributed by atoms with van der Waals surface area (Å²) in [4.78, 5) is 0. The molecule has 19 rings (SSSR count). The summed E-state index contributed by atoms with van der Waals surface area (Å²) in [5.74, 6) is 0. The van der Waals surface area contributed by atoms with Crippen molar-refractivity contribution in [2.45, 2.75) is 0 Å². The van der Waals surface area contributed by atoms with Crippen molar-refractivity contribution in [3.05, 3.63) is 303 Å². The summed E-state index contributed by atoms with van der Waals surface area (Å²) in [5.41, 5.74) is 16.5. The summed E-state index contributed by atoms with van der Waals surface area (Å²) in [6.45, 7) is 0. The van der Waals surface area contributed by atoms with Crippen LogP contribution in [0.5, 0.6) is 0 Å². The van der Waals surface area contributed by atoms with Crippen molar-refractivity contribution in [3.63, 3.8) is 0 Å². The molecule has 0 radical (unpaired) electrons. The lowest BCUT2D eigenvalue weighted by Crippen LogP contribution is -1.98. The second kappa shape index (κ2) is 19.4. The largest absolute Gasteiger partial charge is 0.455 e. The van der Waals surface area contributed by atoms with Crippen LogP contribution in [0.4, 0.5) is 0 Å². The number of rotatable bonds is 4. The van der Waals surface area contributed by atoms with Gasteiger partial charge in [-0.3, -0.25) is 0 Å². The van der Waals surface area contributed by atoms with Crippen LogP contribution < -0.4 is 0 Å². The van der Waals surface area contributed by atoms with Crippen LogP contribution in [0.3, 0.4) is 0 Å². The minimum atomic E-state index is 0.937. The topological polar surface area (TPSA) is 32.9 Å². The Morgan fingerprint density at radius 1 is 0.226 bits per heavy atom. The van der Waals surface area contributed by atoms with Gasteiger partial charge in [0.05, 0.1) is 49.5 Å². The van der Waals surface area contributed by atoms with Gasteiger partial charge in [0.2, 0.25) is 0 Å². The number of benzene rings is 13. The average Bonchev–Trinajstić information content (AvgIpc) is 2.34. The molecule has 394 valence electrons. The molecule has 6 heterocycles. The molecule has 0 saturated heterocycles. The zero-order chi connectivity index (χ0) is 55.2. The predicted molar refractivity (Wildman–Crippen MR) is 357 cm³/mol. The van der Waals surface area contributed by atoms with Gasteiger partial charge in [0.15, 0.2) is 0 Å². The van der Waals surface area contributed by atoms with Gasteiger partial charge in [0.1, 0.15) is 11.2 Å². The molecule has 0 amide bonds. The van der Waals surface area contributed by atoms with Crippen molar-refractivity contribution in [1.29, 1.82) is 0 Å². The third kappa shape index (κ3) is 7.34. The van der Waals surface area contributed by atoms with E-state index >= 15 is 0 Å². The van der Waals surface area contributed by atoms with Gasteiger partial charge >= 0.3 is 0 Å². The first-order valence-corrected chi connectivity index (χ1v) is 29.4. The normalized spacial score (nSPS) is 11.8. The summed E-state index contributed by atoms with van der Waals surface area (Å²) < 4.78 is 18.6. The Labute approximate surface area is 486 Å². The summed E-state index contributed by atoms with van der Waals surface area (Å²) in [6, 6.07) is 108. The molecule has 0 atom stereocenters. The number of hydrogen-bond donors (Lipinski definition) is 0. The molecule has 5 nitrogen and oxygen atoms in total. The maximum absolute atomic E-state index is 6.31. The minimum Gasteiger partial charge on any atom is -0.455 e. The standard InChI is InChI=1S/C30H20N2.C24H15NO.C24H15NS/c1-3-11-21(12-4-1)31-27-17-9-7-15-23(27)25-19-20-26-24-16-8-10-18-28(24)32(30(26)29(25)31)22-13-5-2-6-14-22;2*1-2-8-16(9-3-1)25-20-12-6-4-11-19(20)23-21(25)15-14-18-17-10-5-7-13-22(17)26-24(18)23/h1-20H;2*1-15H. The highest BCUT2D eigenvalue weighted by molar-refractivity contribution is 7.26. The average molecular weight is 1090 g/mol. The number of furan rings is 1. The molecule has 0 saturated carbocycles. The van der Waals surface area contributed by atoms with Crippen LogP contribution in [0.15, 0.2) is 308 Å². The van der Waals surface area contributed by atoms with E-state index in [-0.39, 0.29) is 0 Å². The monoisotopic (exact) mass is 1090 g/mol. The van der Waals surface area contributed by atoms with E-state index in [9.17, 15) is 0 Å². The molecule has 0 spiro atoms. The number of nitrogens with zero attached hydrogens (tertiary/aromatic N) is 4. The van der Waals surface area contributed by atoms with Crippen LogP contribution in [-0.4, -0.2) is 18.3 Å². The van der Waals surface area contributed by atoms with E-state index in [0.717, 1.165) is 16.9 Å². The highest BCUT2D eigenvalue weighted by atomic mass is 32.1. The van der Waals surface area contributed by atoms with Crippen molar-refractivity contribution >= 4 is 141 Å². The van der Waals surface area contributed by atoms with Crippen molar-refractivity contribution < 1.29 is 4.42 Å². The van der Waals surface area contributed by atoms with Crippen molar-refractivity contribution in [2.75, 3.05) is 0 Å². The number of hydrogen-bond acceptors (Lipinski definition) is 2. The van der Waals surface area contributed by atoms with E-state index in [1.165, 1.54) is 135 Å². The van der Waals surface area contributed by atoms with Crippen LogP contribution in [-0.2, 0) is 0 Å². The van der Waals surface area contributed by atoms with Gasteiger partial charge in [-0.15, -0.1) is 11.3 Å². The lowest BCUT2D eigenvalue weighted by atomic mass is 10.1. The Kier molecular flexibility index (Phi) is 11.0. The smallest absolute Gasteiger partial charge is 0.145 e. The fourth-order valence-electron chi connectivity index (χ4n) is 13.4. The molecular formula is C78H50N4OS. The van der Waals surface area contributed by atoms with E-state index in [0.29, 0.717) is 0 Å². The first-order valence-electron chi connectivity index (χ1n) is 28.6. The molecule has 6 aromatic heterocycles. The lowest BCUT2D eigenvalue weighted by molar-refractivity contribution is 0.673. The second-order valence-electron chi connectivity index (χ2n) is 21.5. The zero-order valence-corrected chi connectivity index (χ0v) is 46.3. The molecule has 6 heteroatoms. The Balaban J connectivity index is 0.0000001000. The SMILES string of the molecule is c1ccc(-n2c3ccccc3c3c4oc5ccccc5c4ccc32)cc1.c1ccc(-n2c3ccccc3c3c4sc5ccccc5c4ccc32)cc1.c1ccc(-n2c3ccccc3c3ccc4c5ccccc5n(-c5ccccc5)c4c32)cc1. The lowest BCUT2D eigenvalue weighted by Gasteiger charge is -2.12. The fourth-order valence-corrected chi connectivity index (χ4v) is 14.6. The van der Waals surface area contributed by atoms with Gasteiger partial charge in [-0.1, -0.05) is 200 Å². The predicted octanol–water partition coefficient (Wildman–Crippen LogP) is 21.7. The summed E-state index contributed by atoms with van der Waals surface area (Å²) in [7, 11) is 0. The molecule has 0 bridgehead atoms. The van der Waals surface area contributed by atoms with Crippen LogP contribution in [0.25, 0.3) is 152 Å². The minimum absolute atomic E-state index is 0.937. The van der Waals surface area contributed by atoms with E-state index in [2.05, 4.69) is 309 Å². The number of aromatic nitrogens is 4. The molecule has 0 aliphatic carbocycles. The Morgan fingerprint density at radius 3 is 1.10 bits per heavy atom. The first kappa shape index (κ1) is 47.8. The van der Waals surface area contributed by atoms with Gasteiger partial charge in [-0.05, 0) is 103 Å². The number of thiophene rings is 1. The fraction of sp³-hybridized carbons (Fsp3) is 0. The molecular weight excluding hydrogens is 1040 g/mol. The highest BCUT2D eigenvalue weighted by Gasteiger charge is 2.22.